The van der Waals surface area contributed by atoms with Gasteiger partial charge in [-0.1, -0.05) is 12.2 Å². The Hall–Kier alpha value is -0.200. The van der Waals surface area contributed by atoms with E-state index in [-0.39, 0.29) is 6.54 Å². The van der Waals surface area contributed by atoms with Crippen molar-refractivity contribution in [3.63, 3.8) is 0 Å². The minimum absolute atomic E-state index is 0.288. The lowest BCUT2D eigenvalue weighted by Gasteiger charge is -2.08. The van der Waals surface area contributed by atoms with E-state index in [0.717, 1.165) is 0 Å². The van der Waals surface area contributed by atoms with E-state index in [4.69, 9.17) is 5.73 Å². The highest BCUT2D eigenvalue weighted by Crippen LogP contribution is 1.95. The van der Waals surface area contributed by atoms with E-state index >= 15 is 0 Å². The predicted molar refractivity (Wildman–Crippen MR) is 53.5 cm³/mol. The van der Waals surface area contributed by atoms with Crippen LogP contribution in [0.2, 0.25) is 0 Å². The Morgan fingerprint density at radius 2 is 2.08 bits per heavy atom. The Balaban J connectivity index is 3.86. The largest absolute Gasteiger partial charge is 0.393 e. The van der Waals surface area contributed by atoms with Gasteiger partial charge in [0.15, 0.2) is 0 Å². The topological polar surface area (TPSA) is 72.2 Å². The Labute approximate surface area is 78.6 Å². The molecule has 0 atom stereocenters. The maximum Gasteiger partial charge on any atom is 0.213 e. The van der Waals surface area contributed by atoms with Crippen LogP contribution >= 0.6 is 12.2 Å². The van der Waals surface area contributed by atoms with E-state index in [1.54, 1.807) is 13.8 Å². The second-order valence-electron chi connectivity index (χ2n) is 2.70. The Bertz CT molecular complexity index is 246. The molecule has 0 saturated carbocycles. The molecule has 0 rings (SSSR count). The molecule has 0 bridgehead atoms. The van der Waals surface area contributed by atoms with Crippen molar-refractivity contribution < 1.29 is 8.42 Å². The minimum atomic E-state index is -3.16. The molecule has 0 amide bonds. The normalized spacial score (nSPS) is 11.9. The Kier molecular flexibility index (Phi) is 4.66. The second kappa shape index (κ2) is 4.74. The lowest BCUT2D eigenvalue weighted by molar-refractivity contribution is 0.573. The molecule has 0 unspecified atom stereocenters. The summed E-state index contributed by atoms with van der Waals surface area (Å²) in [4.78, 5) is 0.321. The molecule has 0 aromatic carbocycles. The van der Waals surface area contributed by atoms with Gasteiger partial charge in [-0.2, -0.15) is 0 Å². The zero-order valence-corrected chi connectivity index (χ0v) is 8.83. The highest BCUT2D eigenvalue weighted by molar-refractivity contribution is 7.90. The van der Waals surface area contributed by atoms with E-state index in [1.165, 1.54) is 0 Å². The molecule has 0 saturated heterocycles. The maximum absolute atomic E-state index is 11.1. The van der Waals surface area contributed by atoms with Crippen molar-refractivity contribution >= 4 is 27.2 Å². The average molecular weight is 210 g/mol. The predicted octanol–water partition coefficient (Wildman–Crippen LogP) is -0.00960. The summed E-state index contributed by atoms with van der Waals surface area (Å²) in [5.74, 6) is 0. The van der Waals surface area contributed by atoms with Gasteiger partial charge in [0, 0.05) is 13.0 Å². The average Bonchev–Trinajstić information content (AvgIpc) is 1.85. The van der Waals surface area contributed by atoms with Crippen molar-refractivity contribution in [2.45, 2.75) is 25.5 Å². The van der Waals surface area contributed by atoms with Gasteiger partial charge in [-0.25, -0.2) is 13.1 Å². The molecule has 12 heavy (non-hydrogen) atoms. The third kappa shape index (κ3) is 4.63. The summed E-state index contributed by atoms with van der Waals surface area (Å²) in [6.45, 7) is 3.52. The van der Waals surface area contributed by atoms with Gasteiger partial charge in [0.25, 0.3) is 0 Å². The number of nitrogens with one attached hydrogen (secondary N) is 1. The van der Waals surface area contributed by atoms with Crippen LogP contribution in [-0.2, 0) is 10.0 Å². The zero-order valence-electron chi connectivity index (χ0n) is 7.20. The SMILES string of the molecule is CC(C)S(=O)(=O)NCCC(N)=S. The first kappa shape index (κ1) is 11.8. The van der Waals surface area contributed by atoms with Crippen molar-refractivity contribution in [3.05, 3.63) is 0 Å². The molecule has 0 radical (unpaired) electrons. The van der Waals surface area contributed by atoms with Gasteiger partial charge < -0.3 is 5.73 Å². The monoisotopic (exact) mass is 210 g/mol. The summed E-state index contributed by atoms with van der Waals surface area (Å²) in [6.07, 6.45) is 0.404. The number of hydrogen-bond acceptors (Lipinski definition) is 3. The van der Waals surface area contributed by atoms with Crippen LogP contribution < -0.4 is 10.5 Å². The van der Waals surface area contributed by atoms with Gasteiger partial charge in [-0.3, -0.25) is 0 Å². The highest BCUT2D eigenvalue weighted by atomic mass is 32.2. The van der Waals surface area contributed by atoms with Crippen LogP contribution in [-0.4, -0.2) is 25.2 Å². The molecule has 0 spiro atoms. The van der Waals surface area contributed by atoms with Crippen molar-refractivity contribution in [2.24, 2.45) is 5.73 Å². The summed E-state index contributed by atoms with van der Waals surface area (Å²) < 4.78 is 24.6. The van der Waals surface area contributed by atoms with Crippen molar-refractivity contribution in [1.29, 1.82) is 0 Å². The van der Waals surface area contributed by atoms with Crippen LogP contribution in [0.25, 0.3) is 0 Å². The first-order valence-electron chi connectivity index (χ1n) is 3.63. The van der Waals surface area contributed by atoms with Crippen LogP contribution in [0.4, 0.5) is 0 Å². The number of rotatable bonds is 5. The molecule has 0 aliphatic rings. The van der Waals surface area contributed by atoms with Crippen LogP contribution in [0.5, 0.6) is 0 Å². The second-order valence-corrected chi connectivity index (χ2v) is 5.55. The molecule has 0 aliphatic carbocycles. The Morgan fingerprint density at radius 1 is 1.58 bits per heavy atom. The van der Waals surface area contributed by atoms with E-state index in [0.29, 0.717) is 11.4 Å². The van der Waals surface area contributed by atoms with Crippen molar-refractivity contribution in [1.82, 2.24) is 4.72 Å². The molecular weight excluding hydrogens is 196 g/mol. The fourth-order valence-corrected chi connectivity index (χ4v) is 1.31. The number of nitrogens with two attached hydrogens (primary N) is 1. The summed E-state index contributed by atoms with van der Waals surface area (Å²) >= 11 is 4.59. The van der Waals surface area contributed by atoms with Crippen LogP contribution in [0.1, 0.15) is 20.3 Å². The standard InChI is InChI=1S/C6H14N2O2S2/c1-5(2)12(9,10)8-4-3-6(7)11/h5,8H,3-4H2,1-2H3,(H2,7,11). The molecule has 4 nitrogen and oxygen atoms in total. The molecule has 3 N–H and O–H groups in total. The van der Waals surface area contributed by atoms with Crippen molar-refractivity contribution in [2.75, 3.05) is 6.54 Å². The number of hydrogen-bond donors (Lipinski definition) is 2. The third-order valence-corrected chi connectivity index (χ3v) is 3.35. The maximum atomic E-state index is 11.1. The first-order chi connectivity index (χ1) is 5.36. The fourth-order valence-electron chi connectivity index (χ4n) is 0.483. The molecule has 0 aliphatic heterocycles. The molecule has 6 heteroatoms. The molecule has 72 valence electrons. The van der Waals surface area contributed by atoms with Gasteiger partial charge in [0.2, 0.25) is 10.0 Å². The molecular formula is C6H14N2O2S2. The summed E-state index contributed by atoms with van der Waals surface area (Å²) in [7, 11) is -3.16. The molecule has 0 aromatic rings. The quantitative estimate of drug-likeness (QED) is 0.626. The molecule has 0 heterocycles. The lowest BCUT2D eigenvalue weighted by atomic mass is 10.4. The van der Waals surface area contributed by atoms with E-state index in [1.807, 2.05) is 0 Å². The first-order valence-corrected chi connectivity index (χ1v) is 5.58. The van der Waals surface area contributed by atoms with E-state index in [2.05, 4.69) is 16.9 Å². The van der Waals surface area contributed by atoms with Crippen molar-refractivity contribution in [3.8, 4) is 0 Å². The smallest absolute Gasteiger partial charge is 0.213 e. The summed E-state index contributed by atoms with van der Waals surface area (Å²) in [5.41, 5.74) is 5.19. The zero-order chi connectivity index (χ0) is 9.78. The summed E-state index contributed by atoms with van der Waals surface area (Å²) in [5, 5.41) is -0.413. The fraction of sp³-hybridized carbons (Fsp3) is 0.833. The van der Waals surface area contributed by atoms with Gasteiger partial charge in [-0.15, -0.1) is 0 Å². The van der Waals surface area contributed by atoms with Crippen LogP contribution in [0.3, 0.4) is 0 Å². The minimum Gasteiger partial charge on any atom is -0.393 e. The van der Waals surface area contributed by atoms with Crippen LogP contribution in [0.15, 0.2) is 0 Å². The van der Waals surface area contributed by atoms with Gasteiger partial charge in [0.05, 0.1) is 10.2 Å². The van der Waals surface area contributed by atoms with E-state index < -0.39 is 15.3 Å². The third-order valence-electron chi connectivity index (χ3n) is 1.30. The van der Waals surface area contributed by atoms with Gasteiger partial charge >= 0.3 is 0 Å². The van der Waals surface area contributed by atoms with E-state index in [9.17, 15) is 8.42 Å². The lowest BCUT2D eigenvalue weighted by Crippen LogP contribution is -2.32. The van der Waals surface area contributed by atoms with Crippen LogP contribution in [0, 0.1) is 0 Å². The Morgan fingerprint density at radius 3 is 2.42 bits per heavy atom. The highest BCUT2D eigenvalue weighted by Gasteiger charge is 2.13. The molecule has 0 fully saturated rings. The van der Waals surface area contributed by atoms with Gasteiger partial charge in [0.1, 0.15) is 0 Å². The summed E-state index contributed by atoms with van der Waals surface area (Å²) in [6, 6.07) is 0. The molecule has 0 aromatic heterocycles. The number of sulfonamides is 1. The van der Waals surface area contributed by atoms with Gasteiger partial charge in [-0.05, 0) is 13.8 Å². The number of thiocarbonyl (C=S) groups is 1.